The Morgan fingerprint density at radius 1 is 1.12 bits per heavy atom. The summed E-state index contributed by atoms with van der Waals surface area (Å²) in [5, 5.41) is 6.12. The molecule has 1 aromatic carbocycles. The van der Waals surface area contributed by atoms with Gasteiger partial charge in [0.15, 0.2) is 0 Å². The molecule has 25 heavy (non-hydrogen) atoms. The fourth-order valence-corrected chi connectivity index (χ4v) is 2.05. The molecule has 0 radical (unpaired) electrons. The van der Waals surface area contributed by atoms with Crippen LogP contribution in [0.4, 0.5) is 26.3 Å². The lowest BCUT2D eigenvalue weighted by molar-refractivity contribution is -0.143. The molecular weight excluding hydrogens is 354 g/mol. The molecule has 1 aromatic heterocycles. The van der Waals surface area contributed by atoms with Gasteiger partial charge in [-0.3, -0.25) is 9.48 Å². The largest absolute Gasteiger partial charge is 0.416 e. The van der Waals surface area contributed by atoms with Crippen LogP contribution in [0, 0.1) is 0 Å². The average Bonchev–Trinajstić information content (AvgIpc) is 2.97. The van der Waals surface area contributed by atoms with E-state index in [-0.39, 0.29) is 12.6 Å². The number of hydrogen-bond donors (Lipinski definition) is 1. The number of nitrogens with zero attached hydrogens (tertiary/aromatic N) is 3. The minimum Gasteiger partial charge on any atom is -0.348 e. The molecule has 11 heteroatoms. The third-order valence-corrected chi connectivity index (χ3v) is 3.15. The van der Waals surface area contributed by atoms with Crippen LogP contribution >= 0.6 is 0 Å². The molecular formula is C14H12F6N4O. The zero-order chi connectivity index (χ0) is 18.8. The Morgan fingerprint density at radius 3 is 2.12 bits per heavy atom. The van der Waals surface area contributed by atoms with Crippen LogP contribution in [0.5, 0.6) is 0 Å². The van der Waals surface area contributed by atoms with E-state index in [4.69, 9.17) is 0 Å². The quantitative estimate of drug-likeness (QED) is 0.846. The Hall–Kier alpha value is -2.59. The lowest BCUT2D eigenvalue weighted by Crippen LogP contribution is -2.36. The summed E-state index contributed by atoms with van der Waals surface area (Å²) in [6, 6.07) is 0.132. The number of benzene rings is 1. The molecule has 0 fully saturated rings. The smallest absolute Gasteiger partial charge is 0.348 e. The third-order valence-electron chi connectivity index (χ3n) is 3.15. The van der Waals surface area contributed by atoms with E-state index in [1.54, 1.807) is 0 Å². The maximum absolute atomic E-state index is 12.8. The maximum Gasteiger partial charge on any atom is 0.416 e. The van der Waals surface area contributed by atoms with E-state index >= 15 is 0 Å². The van der Waals surface area contributed by atoms with E-state index < -0.39 is 41.0 Å². The molecule has 0 spiro atoms. The summed E-state index contributed by atoms with van der Waals surface area (Å²) in [7, 11) is 0. The number of hydrogen-bond acceptors (Lipinski definition) is 3. The highest BCUT2D eigenvalue weighted by atomic mass is 19.4. The molecule has 0 saturated heterocycles. The van der Waals surface area contributed by atoms with Crippen molar-refractivity contribution in [1.29, 1.82) is 0 Å². The Bertz CT molecular complexity index is 707. The third kappa shape index (κ3) is 4.94. The number of halogens is 6. The van der Waals surface area contributed by atoms with Crippen molar-refractivity contribution in [1.82, 2.24) is 20.1 Å². The second kappa shape index (κ2) is 6.73. The van der Waals surface area contributed by atoms with Gasteiger partial charge in [0.2, 0.25) is 0 Å². The average molecular weight is 366 g/mol. The maximum atomic E-state index is 12.8. The fourth-order valence-electron chi connectivity index (χ4n) is 2.05. The van der Waals surface area contributed by atoms with Crippen LogP contribution in [0.15, 0.2) is 30.9 Å². The van der Waals surface area contributed by atoms with Crippen molar-refractivity contribution in [2.75, 3.05) is 0 Å². The van der Waals surface area contributed by atoms with E-state index in [9.17, 15) is 31.1 Å². The van der Waals surface area contributed by atoms with Crippen LogP contribution in [0.1, 0.15) is 28.4 Å². The Balaban J connectivity index is 2.25. The Labute approximate surface area is 137 Å². The van der Waals surface area contributed by atoms with Crippen molar-refractivity contribution < 1.29 is 31.1 Å². The highest BCUT2D eigenvalue weighted by Crippen LogP contribution is 2.36. The van der Waals surface area contributed by atoms with Gasteiger partial charge in [-0.1, -0.05) is 0 Å². The van der Waals surface area contributed by atoms with E-state index in [1.165, 1.54) is 24.3 Å². The van der Waals surface area contributed by atoms with Gasteiger partial charge >= 0.3 is 12.4 Å². The van der Waals surface area contributed by atoms with Crippen LogP contribution in [0.3, 0.4) is 0 Å². The van der Waals surface area contributed by atoms with Crippen LogP contribution < -0.4 is 5.32 Å². The Kier molecular flexibility index (Phi) is 5.04. The second-order valence-electron chi connectivity index (χ2n) is 5.29. The molecule has 2 rings (SSSR count). The van der Waals surface area contributed by atoms with E-state index in [1.807, 2.05) is 0 Å². The van der Waals surface area contributed by atoms with E-state index in [0.717, 1.165) is 0 Å². The van der Waals surface area contributed by atoms with E-state index in [2.05, 4.69) is 15.4 Å². The first-order valence-corrected chi connectivity index (χ1v) is 6.89. The van der Waals surface area contributed by atoms with Crippen molar-refractivity contribution in [3.63, 3.8) is 0 Å². The first-order valence-electron chi connectivity index (χ1n) is 6.89. The molecule has 0 saturated carbocycles. The van der Waals surface area contributed by atoms with Crippen LogP contribution in [-0.2, 0) is 18.9 Å². The molecule has 0 aliphatic rings. The zero-order valence-corrected chi connectivity index (χ0v) is 12.7. The zero-order valence-electron chi connectivity index (χ0n) is 12.7. The first kappa shape index (κ1) is 18.7. The highest BCUT2D eigenvalue weighted by Gasteiger charge is 2.37. The molecule has 1 unspecified atom stereocenters. The van der Waals surface area contributed by atoms with Gasteiger partial charge in [0, 0.05) is 11.6 Å². The number of nitrogens with one attached hydrogen (secondary N) is 1. The highest BCUT2D eigenvalue weighted by molar-refractivity contribution is 5.94. The summed E-state index contributed by atoms with van der Waals surface area (Å²) in [6.45, 7) is 1.68. The minimum atomic E-state index is -5.01. The fraction of sp³-hybridized carbons (Fsp3) is 0.357. The lowest BCUT2D eigenvalue weighted by Gasteiger charge is -2.16. The topological polar surface area (TPSA) is 59.8 Å². The number of carbonyl (C=O) groups excluding carboxylic acids is 1. The summed E-state index contributed by atoms with van der Waals surface area (Å²) < 4.78 is 78.1. The van der Waals surface area contributed by atoms with E-state index in [0.29, 0.717) is 12.1 Å². The van der Waals surface area contributed by atoms with Gasteiger partial charge in [-0.25, -0.2) is 4.98 Å². The van der Waals surface area contributed by atoms with Crippen LogP contribution in [0.25, 0.3) is 0 Å². The van der Waals surface area contributed by atoms with Crippen molar-refractivity contribution in [3.8, 4) is 0 Å². The van der Waals surface area contributed by atoms with Gasteiger partial charge in [0.1, 0.15) is 12.7 Å². The molecule has 2 aromatic rings. The number of amides is 1. The number of alkyl halides is 6. The molecule has 136 valence electrons. The SMILES string of the molecule is CC(Cn1cncn1)NC(=O)c1cc(C(F)(F)F)cc(C(F)(F)F)c1. The first-order chi connectivity index (χ1) is 11.5. The number of aromatic nitrogens is 3. The molecule has 0 aliphatic heterocycles. The summed E-state index contributed by atoms with van der Waals surface area (Å²) in [5.41, 5.74) is -3.82. The molecule has 0 bridgehead atoms. The molecule has 5 nitrogen and oxygen atoms in total. The van der Waals surface area contributed by atoms with Gasteiger partial charge < -0.3 is 5.32 Å². The number of rotatable bonds is 4. The lowest BCUT2D eigenvalue weighted by atomic mass is 10.0. The standard InChI is InChI=1S/C14H12F6N4O/c1-8(5-24-7-21-6-22-24)23-12(25)9-2-10(13(15,16)17)4-11(3-9)14(18,19)20/h2-4,6-8H,5H2,1H3,(H,23,25). The molecule has 1 heterocycles. The van der Waals surface area contributed by atoms with Crippen molar-refractivity contribution >= 4 is 5.91 Å². The molecule has 0 aliphatic carbocycles. The van der Waals surface area contributed by atoms with Crippen molar-refractivity contribution in [3.05, 3.63) is 47.5 Å². The Morgan fingerprint density at radius 2 is 1.68 bits per heavy atom. The van der Waals surface area contributed by atoms with Crippen LogP contribution in [-0.4, -0.2) is 26.7 Å². The number of carbonyl (C=O) groups is 1. The van der Waals surface area contributed by atoms with Crippen LogP contribution in [0.2, 0.25) is 0 Å². The summed E-state index contributed by atoms with van der Waals surface area (Å²) >= 11 is 0. The summed E-state index contributed by atoms with van der Waals surface area (Å²) in [6.07, 6.45) is -7.42. The van der Waals surface area contributed by atoms with Gasteiger partial charge in [0.25, 0.3) is 5.91 Å². The predicted molar refractivity (Wildman–Crippen MR) is 73.4 cm³/mol. The summed E-state index contributed by atoms with van der Waals surface area (Å²) in [4.78, 5) is 15.7. The van der Waals surface area contributed by atoms with Crippen molar-refractivity contribution in [2.24, 2.45) is 0 Å². The van der Waals surface area contributed by atoms with Gasteiger partial charge in [0.05, 0.1) is 17.7 Å². The van der Waals surface area contributed by atoms with Gasteiger partial charge in [-0.2, -0.15) is 31.4 Å². The molecule has 1 atom stereocenters. The van der Waals surface area contributed by atoms with Gasteiger partial charge in [-0.05, 0) is 25.1 Å². The molecule has 1 N–H and O–H groups in total. The minimum absolute atomic E-state index is 0.0321. The monoisotopic (exact) mass is 366 g/mol. The molecule has 1 amide bonds. The van der Waals surface area contributed by atoms with Gasteiger partial charge in [-0.15, -0.1) is 0 Å². The van der Waals surface area contributed by atoms with Crippen molar-refractivity contribution in [2.45, 2.75) is 31.9 Å². The predicted octanol–water partition coefficient (Wildman–Crippen LogP) is 3.13. The normalized spacial score (nSPS) is 13.6. The summed E-state index contributed by atoms with van der Waals surface area (Å²) in [5.74, 6) is -1.05. The second-order valence-corrected chi connectivity index (χ2v) is 5.29.